The van der Waals surface area contributed by atoms with E-state index in [4.69, 9.17) is 0 Å². The number of aliphatic imine (C=N–C) groups is 3. The van der Waals surface area contributed by atoms with Crippen molar-refractivity contribution in [1.82, 2.24) is 16.0 Å². The summed E-state index contributed by atoms with van der Waals surface area (Å²) in [7, 11) is 0. The van der Waals surface area contributed by atoms with Crippen molar-refractivity contribution in [2.24, 2.45) is 15.0 Å². The minimum Gasteiger partial charge on any atom is -0.370 e. The van der Waals surface area contributed by atoms with Gasteiger partial charge in [0.1, 0.15) is 17.5 Å². The number of amidine groups is 3. The molecule has 0 saturated carbocycles. The van der Waals surface area contributed by atoms with Gasteiger partial charge in [0, 0.05) is 78.6 Å². The molecule has 3 aliphatic rings. The number of hydrogen-bond donors (Lipinski definition) is 7. The van der Waals surface area contributed by atoms with Gasteiger partial charge in [0.25, 0.3) is 11.8 Å². The predicted octanol–water partition coefficient (Wildman–Crippen LogP) is 5.48. The summed E-state index contributed by atoms with van der Waals surface area (Å²) in [4.78, 5) is 54.1. The molecule has 0 unspecified atom stereocenters. The molecule has 4 aromatic rings. The number of halogens is 1. The lowest BCUT2D eigenvalue weighted by Crippen LogP contribution is -2.30. The molecule has 0 atom stereocenters. The summed E-state index contributed by atoms with van der Waals surface area (Å²) >= 11 is 0. The minimum absolute atomic E-state index is 0. The first-order valence-electron chi connectivity index (χ1n) is 17.5. The average molecular weight is 733 g/mol. The summed E-state index contributed by atoms with van der Waals surface area (Å²) in [6.07, 6.45) is 2.96. The van der Waals surface area contributed by atoms with E-state index >= 15 is 0 Å². The quantitative estimate of drug-likeness (QED) is 0.120. The van der Waals surface area contributed by atoms with Crippen LogP contribution >= 0.6 is 12.4 Å². The van der Waals surface area contributed by atoms with Gasteiger partial charge in [0.15, 0.2) is 0 Å². The zero-order chi connectivity index (χ0) is 35.7. The summed E-state index contributed by atoms with van der Waals surface area (Å²) in [5, 5.41) is 21.3. The van der Waals surface area contributed by atoms with Crippen molar-refractivity contribution in [1.29, 1.82) is 0 Å². The van der Waals surface area contributed by atoms with E-state index in [9.17, 15) is 14.4 Å². The first-order chi connectivity index (χ1) is 25.5. The van der Waals surface area contributed by atoms with E-state index in [1.807, 2.05) is 54.6 Å². The molecular weight excluding hydrogens is 692 g/mol. The number of hydrogen-bond acceptors (Lipinski definition) is 9. The van der Waals surface area contributed by atoms with Gasteiger partial charge >= 0.3 is 6.03 Å². The summed E-state index contributed by atoms with van der Waals surface area (Å²) in [5.41, 5.74) is 5.00. The summed E-state index contributed by atoms with van der Waals surface area (Å²) < 4.78 is 0. The maximum Gasteiger partial charge on any atom is 0.323 e. The number of benzene rings is 4. The smallest absolute Gasteiger partial charge is 0.323 e. The number of carbonyl (C=O) groups is 3. The monoisotopic (exact) mass is 732 g/mol. The van der Waals surface area contributed by atoms with Gasteiger partial charge in [-0.05, 0) is 98.1 Å². The van der Waals surface area contributed by atoms with Gasteiger partial charge in [-0.1, -0.05) is 12.1 Å². The van der Waals surface area contributed by atoms with Crippen LogP contribution in [0.25, 0.3) is 0 Å². The zero-order valence-electron chi connectivity index (χ0n) is 29.0. The normalized spacial score (nSPS) is 15.0. The first kappa shape index (κ1) is 36.6. The molecule has 0 aliphatic carbocycles. The Balaban J connectivity index is 0.00000481. The summed E-state index contributed by atoms with van der Waals surface area (Å²) in [6.45, 7) is 4.87. The highest BCUT2D eigenvalue weighted by Gasteiger charge is 2.19. The Hall–Kier alpha value is -6.21. The molecule has 3 aliphatic heterocycles. The lowest BCUT2D eigenvalue weighted by molar-refractivity contribution is 0.101. The molecule has 272 valence electrons. The second-order valence-corrected chi connectivity index (χ2v) is 12.5. The van der Waals surface area contributed by atoms with Crippen molar-refractivity contribution in [2.75, 3.05) is 60.5 Å². The van der Waals surface area contributed by atoms with E-state index in [1.54, 1.807) is 24.3 Å². The number of urea groups is 1. The van der Waals surface area contributed by atoms with Crippen molar-refractivity contribution in [3.63, 3.8) is 0 Å². The average Bonchev–Trinajstić information content (AvgIpc) is 3.19. The highest BCUT2D eigenvalue weighted by molar-refractivity contribution is 6.14. The molecule has 0 radical (unpaired) electrons. The van der Waals surface area contributed by atoms with E-state index < -0.39 is 17.8 Å². The van der Waals surface area contributed by atoms with E-state index in [0.29, 0.717) is 17.1 Å². The Morgan fingerprint density at radius 2 is 1.04 bits per heavy atom. The fourth-order valence-electron chi connectivity index (χ4n) is 6.02. The Bertz CT molecular complexity index is 2060. The third-order valence-electron chi connectivity index (χ3n) is 8.69. The van der Waals surface area contributed by atoms with Gasteiger partial charge < -0.3 is 37.2 Å². The van der Waals surface area contributed by atoms with Gasteiger partial charge in [-0.25, -0.2) is 4.79 Å². The first-order valence-corrected chi connectivity index (χ1v) is 17.5. The lowest BCUT2D eigenvalue weighted by atomic mass is 10.1. The summed E-state index contributed by atoms with van der Waals surface area (Å²) in [6, 6.07) is 26.1. The van der Waals surface area contributed by atoms with Crippen LogP contribution in [-0.4, -0.2) is 74.6 Å². The van der Waals surface area contributed by atoms with Crippen LogP contribution in [0.5, 0.6) is 0 Å². The minimum atomic E-state index is -0.581. The number of amides is 4. The molecule has 0 bridgehead atoms. The maximum atomic E-state index is 13.7. The molecule has 0 spiro atoms. The number of nitrogens with one attached hydrogen (secondary N) is 7. The SMILES string of the molecule is Cl.O=C(Nc1cccc(C2=NCCCN2)c1)Nc1cc(C(=O)Nc2ccc(C3=NCCCN3)cc2)ccc1C(=O)Nc1ccc(C2=NCCCN2)cc1. The van der Waals surface area contributed by atoms with Crippen LogP contribution in [0.1, 0.15) is 56.7 Å². The molecule has 3 heterocycles. The Kier molecular flexibility index (Phi) is 12.0. The molecule has 53 heavy (non-hydrogen) atoms. The Morgan fingerprint density at radius 3 is 1.57 bits per heavy atom. The fourth-order valence-corrected chi connectivity index (χ4v) is 6.02. The van der Waals surface area contributed by atoms with Gasteiger partial charge in [0.05, 0.1) is 11.3 Å². The topological polar surface area (TPSA) is 173 Å². The zero-order valence-corrected chi connectivity index (χ0v) is 29.8. The van der Waals surface area contributed by atoms with Crippen molar-refractivity contribution >= 4 is 70.5 Å². The highest BCUT2D eigenvalue weighted by atomic mass is 35.5. The Morgan fingerprint density at radius 1 is 0.509 bits per heavy atom. The molecule has 7 N–H and O–H groups in total. The van der Waals surface area contributed by atoms with E-state index in [-0.39, 0.29) is 29.2 Å². The van der Waals surface area contributed by atoms with Gasteiger partial charge in [-0.3, -0.25) is 24.6 Å². The van der Waals surface area contributed by atoms with Crippen molar-refractivity contribution in [3.05, 3.63) is 119 Å². The van der Waals surface area contributed by atoms with Gasteiger partial charge in [-0.2, -0.15) is 0 Å². The molecule has 7 rings (SSSR count). The summed E-state index contributed by atoms with van der Waals surface area (Å²) in [5.74, 6) is 1.58. The molecule has 14 heteroatoms. The van der Waals surface area contributed by atoms with Crippen molar-refractivity contribution in [3.8, 4) is 0 Å². The number of rotatable bonds is 9. The number of carbonyl (C=O) groups excluding carboxylic acids is 3. The van der Waals surface area contributed by atoms with E-state index in [0.717, 1.165) is 92.7 Å². The molecule has 0 aromatic heterocycles. The lowest BCUT2D eigenvalue weighted by Gasteiger charge is -2.17. The molecule has 0 fully saturated rings. The van der Waals surface area contributed by atoms with Crippen LogP contribution in [0.3, 0.4) is 0 Å². The molecule has 13 nitrogen and oxygen atoms in total. The predicted molar refractivity (Wildman–Crippen MR) is 214 cm³/mol. The Labute approximate surface area is 313 Å². The molecule has 4 aromatic carbocycles. The molecule has 4 amide bonds. The molecule has 0 saturated heterocycles. The van der Waals surface area contributed by atoms with Crippen molar-refractivity contribution < 1.29 is 14.4 Å². The second kappa shape index (κ2) is 17.3. The van der Waals surface area contributed by atoms with Crippen LogP contribution < -0.4 is 37.2 Å². The fraction of sp³-hybridized carbons (Fsp3) is 0.231. The van der Waals surface area contributed by atoms with Gasteiger partial charge in [-0.15, -0.1) is 12.4 Å². The highest BCUT2D eigenvalue weighted by Crippen LogP contribution is 2.23. The van der Waals surface area contributed by atoms with Crippen LogP contribution in [0.2, 0.25) is 0 Å². The third kappa shape index (κ3) is 9.37. The van der Waals surface area contributed by atoms with Crippen LogP contribution in [-0.2, 0) is 0 Å². The van der Waals surface area contributed by atoms with Crippen LogP contribution in [0.4, 0.5) is 27.5 Å². The number of nitrogens with zero attached hydrogens (tertiary/aromatic N) is 3. The van der Waals surface area contributed by atoms with Crippen molar-refractivity contribution in [2.45, 2.75) is 19.3 Å². The largest absolute Gasteiger partial charge is 0.370 e. The number of anilines is 4. The van der Waals surface area contributed by atoms with E-state index in [1.165, 1.54) is 12.1 Å². The van der Waals surface area contributed by atoms with Crippen LogP contribution in [0.15, 0.2) is 106 Å². The van der Waals surface area contributed by atoms with E-state index in [2.05, 4.69) is 52.2 Å². The maximum absolute atomic E-state index is 13.7. The molecular formula is C39H41ClN10O3. The van der Waals surface area contributed by atoms with Gasteiger partial charge in [0.2, 0.25) is 0 Å². The standard InChI is InChI=1S/C39H40N10O3.ClH/c50-37(46-29-12-7-25(8-13-29)34-40-17-2-18-41-34)28-11-16-32(38(51)47-30-14-9-26(10-15-30)35-42-19-3-20-43-35)33(24-28)49-39(52)48-31-6-1-5-27(23-31)36-44-21-4-22-45-36;/h1,5-16,23-24H,2-4,17-22H2,(H,40,41)(H,42,43)(H,44,45)(H,46,50)(H,47,51)(H2,48,49,52);1H. The van der Waals surface area contributed by atoms with Crippen LogP contribution in [0, 0.1) is 0 Å². The second-order valence-electron chi connectivity index (χ2n) is 12.5. The third-order valence-corrected chi connectivity index (χ3v) is 8.69.